The second-order valence-electron chi connectivity index (χ2n) is 4.45. The molecule has 0 radical (unpaired) electrons. The SMILES string of the molecule is Cc1ccc(NC(=O)COC(=O)c2cc(Cl)ccn2)cc1Br. The highest BCUT2D eigenvalue weighted by atomic mass is 79.9. The van der Waals surface area contributed by atoms with Crippen molar-refractivity contribution in [2.75, 3.05) is 11.9 Å². The van der Waals surface area contributed by atoms with Gasteiger partial charge in [-0.15, -0.1) is 0 Å². The fourth-order valence-electron chi connectivity index (χ4n) is 1.59. The van der Waals surface area contributed by atoms with Crippen molar-refractivity contribution in [1.29, 1.82) is 0 Å². The number of hydrogen-bond acceptors (Lipinski definition) is 4. The number of nitrogens with one attached hydrogen (secondary N) is 1. The van der Waals surface area contributed by atoms with Gasteiger partial charge in [-0.1, -0.05) is 33.6 Å². The van der Waals surface area contributed by atoms with Crippen LogP contribution in [0.1, 0.15) is 16.1 Å². The number of nitrogens with zero attached hydrogens (tertiary/aromatic N) is 1. The van der Waals surface area contributed by atoms with Gasteiger partial charge >= 0.3 is 5.97 Å². The van der Waals surface area contributed by atoms with Crippen molar-refractivity contribution in [3.63, 3.8) is 0 Å². The molecule has 7 heteroatoms. The average molecular weight is 384 g/mol. The van der Waals surface area contributed by atoms with Crippen molar-refractivity contribution < 1.29 is 14.3 Å². The smallest absolute Gasteiger partial charge is 0.357 e. The first-order chi connectivity index (χ1) is 10.5. The zero-order valence-corrected chi connectivity index (χ0v) is 13.9. The molecule has 0 unspecified atom stereocenters. The van der Waals surface area contributed by atoms with Crippen molar-refractivity contribution in [1.82, 2.24) is 4.98 Å². The minimum absolute atomic E-state index is 0.0541. The summed E-state index contributed by atoms with van der Waals surface area (Å²) in [5.74, 6) is -1.14. The molecule has 0 aliphatic carbocycles. The summed E-state index contributed by atoms with van der Waals surface area (Å²) in [4.78, 5) is 27.3. The number of carbonyl (C=O) groups excluding carboxylic acids is 2. The number of rotatable bonds is 4. The summed E-state index contributed by atoms with van der Waals surface area (Å²) in [7, 11) is 0. The minimum atomic E-state index is -0.706. The van der Waals surface area contributed by atoms with E-state index in [0.29, 0.717) is 10.7 Å². The summed E-state index contributed by atoms with van der Waals surface area (Å²) in [6.07, 6.45) is 1.39. The van der Waals surface area contributed by atoms with E-state index in [2.05, 4.69) is 26.2 Å². The maximum Gasteiger partial charge on any atom is 0.357 e. The van der Waals surface area contributed by atoms with Crippen LogP contribution in [0.3, 0.4) is 0 Å². The lowest BCUT2D eigenvalue weighted by molar-refractivity contribution is -0.119. The number of pyridine rings is 1. The third kappa shape index (κ3) is 4.54. The van der Waals surface area contributed by atoms with E-state index in [1.54, 1.807) is 18.2 Å². The third-order valence-electron chi connectivity index (χ3n) is 2.72. The van der Waals surface area contributed by atoms with Crippen LogP contribution >= 0.6 is 27.5 Å². The van der Waals surface area contributed by atoms with Gasteiger partial charge in [-0.2, -0.15) is 0 Å². The maximum atomic E-state index is 11.8. The Balaban J connectivity index is 1.90. The summed E-state index contributed by atoms with van der Waals surface area (Å²) in [6.45, 7) is 1.54. The Morgan fingerprint density at radius 1 is 1.32 bits per heavy atom. The lowest BCUT2D eigenvalue weighted by Gasteiger charge is -2.07. The quantitative estimate of drug-likeness (QED) is 0.819. The molecule has 1 aromatic carbocycles. The van der Waals surface area contributed by atoms with Crippen molar-refractivity contribution in [2.24, 2.45) is 0 Å². The predicted molar refractivity (Wildman–Crippen MR) is 87.0 cm³/mol. The molecule has 0 fully saturated rings. The fraction of sp³-hybridized carbons (Fsp3) is 0.133. The van der Waals surface area contributed by atoms with E-state index in [-0.39, 0.29) is 5.69 Å². The number of esters is 1. The molecule has 22 heavy (non-hydrogen) atoms. The number of anilines is 1. The summed E-state index contributed by atoms with van der Waals surface area (Å²) in [6, 6.07) is 8.31. The Morgan fingerprint density at radius 2 is 2.09 bits per heavy atom. The van der Waals surface area contributed by atoms with Gasteiger partial charge in [0, 0.05) is 21.4 Å². The Hall–Kier alpha value is -1.92. The van der Waals surface area contributed by atoms with Gasteiger partial charge in [0.1, 0.15) is 5.69 Å². The molecule has 1 amide bonds. The van der Waals surface area contributed by atoms with Gasteiger partial charge in [-0.3, -0.25) is 4.79 Å². The molecule has 0 aliphatic rings. The van der Waals surface area contributed by atoms with E-state index in [1.807, 2.05) is 13.0 Å². The van der Waals surface area contributed by atoms with Crippen molar-refractivity contribution >= 4 is 45.1 Å². The summed E-state index contributed by atoms with van der Waals surface area (Å²) >= 11 is 9.13. The van der Waals surface area contributed by atoms with E-state index < -0.39 is 18.5 Å². The molecule has 0 atom stereocenters. The van der Waals surface area contributed by atoms with Gasteiger partial charge in [0.2, 0.25) is 0 Å². The number of aryl methyl sites for hydroxylation is 1. The second-order valence-corrected chi connectivity index (χ2v) is 5.74. The fourth-order valence-corrected chi connectivity index (χ4v) is 2.13. The zero-order chi connectivity index (χ0) is 16.1. The van der Waals surface area contributed by atoms with Crippen LogP contribution in [0, 0.1) is 6.92 Å². The van der Waals surface area contributed by atoms with Crippen molar-refractivity contribution in [3.05, 3.63) is 57.3 Å². The van der Waals surface area contributed by atoms with E-state index in [4.69, 9.17) is 16.3 Å². The molecular weight excluding hydrogens is 372 g/mol. The number of benzene rings is 1. The van der Waals surface area contributed by atoms with Crippen molar-refractivity contribution in [2.45, 2.75) is 6.92 Å². The minimum Gasteiger partial charge on any atom is -0.451 e. The lowest BCUT2D eigenvalue weighted by atomic mass is 10.2. The number of hydrogen-bond donors (Lipinski definition) is 1. The predicted octanol–water partition coefficient (Wildman–Crippen LogP) is 3.60. The van der Waals surface area contributed by atoms with Crippen molar-refractivity contribution in [3.8, 4) is 0 Å². The molecule has 114 valence electrons. The molecule has 1 N–H and O–H groups in total. The second kappa shape index (κ2) is 7.38. The number of halogens is 2. The standard InChI is InChI=1S/C15H12BrClN2O3/c1-9-2-3-11(7-12(9)16)19-14(20)8-22-15(21)13-6-10(17)4-5-18-13/h2-7H,8H2,1H3,(H,19,20). The molecule has 5 nitrogen and oxygen atoms in total. The lowest BCUT2D eigenvalue weighted by Crippen LogP contribution is -2.21. The Labute approximate surface area is 140 Å². The highest BCUT2D eigenvalue weighted by Crippen LogP contribution is 2.20. The van der Waals surface area contributed by atoms with E-state index in [1.165, 1.54) is 12.3 Å². The molecule has 0 bridgehead atoms. The van der Waals surface area contributed by atoms with Gasteiger partial charge in [0.15, 0.2) is 6.61 Å². The van der Waals surface area contributed by atoms with Crippen LogP contribution in [0.5, 0.6) is 0 Å². The van der Waals surface area contributed by atoms with Crippen LogP contribution in [0.25, 0.3) is 0 Å². The topological polar surface area (TPSA) is 68.3 Å². The molecule has 0 spiro atoms. The molecule has 0 saturated heterocycles. The van der Waals surface area contributed by atoms with Crippen LogP contribution in [0.4, 0.5) is 5.69 Å². The third-order valence-corrected chi connectivity index (χ3v) is 3.81. The highest BCUT2D eigenvalue weighted by molar-refractivity contribution is 9.10. The van der Waals surface area contributed by atoms with Crippen LogP contribution in [0.15, 0.2) is 41.0 Å². The van der Waals surface area contributed by atoms with E-state index in [9.17, 15) is 9.59 Å². The summed E-state index contributed by atoms with van der Waals surface area (Å²) in [5.41, 5.74) is 1.72. The average Bonchev–Trinajstić information content (AvgIpc) is 2.48. The van der Waals surface area contributed by atoms with Crippen LogP contribution in [-0.4, -0.2) is 23.5 Å². The summed E-state index contributed by atoms with van der Waals surface area (Å²) in [5, 5.41) is 3.01. The number of aromatic nitrogens is 1. The first-order valence-corrected chi connectivity index (χ1v) is 7.47. The molecule has 0 aliphatic heterocycles. The molecule has 2 aromatic rings. The van der Waals surface area contributed by atoms with Gasteiger partial charge in [0.05, 0.1) is 0 Å². The Kier molecular flexibility index (Phi) is 5.51. The van der Waals surface area contributed by atoms with E-state index >= 15 is 0 Å². The number of amides is 1. The molecule has 1 aromatic heterocycles. The molecule has 2 rings (SSSR count). The van der Waals surface area contributed by atoms with Crippen LogP contribution in [0.2, 0.25) is 5.02 Å². The monoisotopic (exact) mass is 382 g/mol. The van der Waals surface area contributed by atoms with Gasteiger partial charge in [-0.05, 0) is 36.8 Å². The van der Waals surface area contributed by atoms with Crippen LogP contribution in [-0.2, 0) is 9.53 Å². The summed E-state index contributed by atoms with van der Waals surface area (Å²) < 4.78 is 5.77. The van der Waals surface area contributed by atoms with Gasteiger partial charge in [0.25, 0.3) is 5.91 Å². The number of carbonyl (C=O) groups is 2. The molecule has 1 heterocycles. The molecule has 0 saturated carbocycles. The Bertz CT molecular complexity index is 722. The normalized spacial score (nSPS) is 10.1. The van der Waals surface area contributed by atoms with Gasteiger partial charge < -0.3 is 10.1 Å². The van der Waals surface area contributed by atoms with Gasteiger partial charge in [-0.25, -0.2) is 9.78 Å². The zero-order valence-electron chi connectivity index (χ0n) is 11.6. The first-order valence-electron chi connectivity index (χ1n) is 6.30. The Morgan fingerprint density at radius 3 is 2.77 bits per heavy atom. The number of ether oxygens (including phenoxy) is 1. The van der Waals surface area contributed by atoms with E-state index in [0.717, 1.165) is 10.0 Å². The maximum absolute atomic E-state index is 11.8. The first kappa shape index (κ1) is 16.5. The van der Waals surface area contributed by atoms with Crippen LogP contribution < -0.4 is 5.32 Å². The largest absolute Gasteiger partial charge is 0.451 e. The molecular formula is C15H12BrClN2O3. The highest BCUT2D eigenvalue weighted by Gasteiger charge is 2.12.